The molecule has 1 saturated heterocycles. The van der Waals surface area contributed by atoms with Crippen LogP contribution in [0.3, 0.4) is 0 Å². The van der Waals surface area contributed by atoms with Crippen molar-refractivity contribution in [3.8, 4) is 0 Å². The van der Waals surface area contributed by atoms with Gasteiger partial charge >= 0.3 is 5.97 Å². The summed E-state index contributed by atoms with van der Waals surface area (Å²) in [6.45, 7) is 1.48. The molecule has 0 radical (unpaired) electrons. The number of fused-ring (bicyclic) bond motifs is 5. The molecule has 2 aliphatic carbocycles. The molecule has 2 fully saturated rings. The van der Waals surface area contributed by atoms with Crippen molar-refractivity contribution in [3.63, 3.8) is 0 Å². The Morgan fingerprint density at radius 2 is 1.55 bits per heavy atom. The highest BCUT2D eigenvalue weighted by atomic mass is 16.5. The smallest absolute Gasteiger partial charge is 0.330 e. The Hall–Kier alpha value is -3.54. The van der Waals surface area contributed by atoms with Gasteiger partial charge in [-0.1, -0.05) is 72.3 Å². The Kier molecular flexibility index (Phi) is 5.44. The molecule has 2 aromatic carbocycles. The lowest BCUT2D eigenvalue weighted by molar-refractivity contribution is -0.158. The molecule has 33 heavy (non-hydrogen) atoms. The van der Waals surface area contributed by atoms with E-state index in [2.05, 4.69) is 0 Å². The number of allylic oxidation sites excluding steroid dienone is 2. The van der Waals surface area contributed by atoms with Gasteiger partial charge in [0.05, 0.1) is 11.8 Å². The fourth-order valence-electron chi connectivity index (χ4n) is 5.41. The Balaban J connectivity index is 1.36. The summed E-state index contributed by atoms with van der Waals surface area (Å²) in [5.74, 6) is -2.35. The van der Waals surface area contributed by atoms with Crippen LogP contribution in [-0.4, -0.2) is 41.1 Å². The Morgan fingerprint density at radius 1 is 0.939 bits per heavy atom. The van der Waals surface area contributed by atoms with Crippen LogP contribution < -0.4 is 0 Å². The van der Waals surface area contributed by atoms with Crippen molar-refractivity contribution in [2.45, 2.75) is 25.8 Å². The highest BCUT2D eigenvalue weighted by Gasteiger charge is 2.61. The van der Waals surface area contributed by atoms with E-state index in [0.717, 1.165) is 22.4 Å². The van der Waals surface area contributed by atoms with Crippen molar-refractivity contribution in [2.24, 2.45) is 23.7 Å². The first kappa shape index (κ1) is 21.3. The lowest BCUT2D eigenvalue weighted by Crippen LogP contribution is -2.48. The van der Waals surface area contributed by atoms with Crippen molar-refractivity contribution in [1.82, 2.24) is 4.90 Å². The van der Waals surface area contributed by atoms with Crippen molar-refractivity contribution in [3.05, 3.63) is 83.4 Å². The molecule has 0 spiro atoms. The molecule has 2 amide bonds. The third-order valence-electron chi connectivity index (χ3n) is 7.08. The van der Waals surface area contributed by atoms with Gasteiger partial charge in [-0.3, -0.25) is 19.3 Å². The molecule has 3 aliphatic rings. The van der Waals surface area contributed by atoms with Crippen LogP contribution in [0.4, 0.5) is 0 Å². The highest BCUT2D eigenvalue weighted by molar-refractivity contribution is 6.09. The number of likely N-dealkylation sites (tertiary alicyclic amines) is 1. The van der Waals surface area contributed by atoms with E-state index in [-0.39, 0.29) is 35.9 Å². The van der Waals surface area contributed by atoms with Gasteiger partial charge in [-0.25, -0.2) is 4.79 Å². The number of Topliss-reactive ketones (excluding diaryl/α,β-unsaturated/α-hetero) is 1. The second kappa shape index (κ2) is 8.43. The topological polar surface area (TPSA) is 80.8 Å². The minimum Gasteiger partial charge on any atom is -0.456 e. The largest absolute Gasteiger partial charge is 0.456 e. The third kappa shape index (κ3) is 3.80. The maximum atomic E-state index is 13.3. The summed E-state index contributed by atoms with van der Waals surface area (Å²) in [4.78, 5) is 53.4. The standard InChI is InChI=1S/C27H25NO5/c1-16-7-9-18(10-8-16)22(29)15-33-27(32)21(13-17-5-3-2-4-6-17)28-25(30)23-19-11-12-20(14-19)24(23)26(28)31/h2-12,19-21,23-24H,13-15H2,1H3/t19-,20+,21-,23+,24-/m1/s1. The monoisotopic (exact) mass is 443 g/mol. The summed E-state index contributed by atoms with van der Waals surface area (Å²) in [7, 11) is 0. The zero-order valence-electron chi connectivity index (χ0n) is 18.3. The van der Waals surface area contributed by atoms with Crippen LogP contribution in [0.1, 0.15) is 27.9 Å². The van der Waals surface area contributed by atoms with E-state index in [9.17, 15) is 19.2 Å². The van der Waals surface area contributed by atoms with Crippen LogP contribution >= 0.6 is 0 Å². The SMILES string of the molecule is Cc1ccc(C(=O)COC(=O)[C@@H](Cc2ccccc2)N2C(=O)[C@@H]3[C@H](C2=O)[C@H]2C=C[C@@H]3C2)cc1. The van der Waals surface area contributed by atoms with E-state index in [1.807, 2.05) is 61.5 Å². The predicted molar refractivity (Wildman–Crippen MR) is 120 cm³/mol. The van der Waals surface area contributed by atoms with Gasteiger partial charge in [0.15, 0.2) is 12.4 Å². The lowest BCUT2D eigenvalue weighted by atomic mass is 9.85. The van der Waals surface area contributed by atoms with Crippen molar-refractivity contribution in [2.75, 3.05) is 6.61 Å². The van der Waals surface area contributed by atoms with Gasteiger partial charge in [0.25, 0.3) is 0 Å². The van der Waals surface area contributed by atoms with E-state index >= 15 is 0 Å². The summed E-state index contributed by atoms with van der Waals surface area (Å²) in [6.07, 6.45) is 5.01. The molecule has 2 aromatic rings. The minimum atomic E-state index is -1.09. The molecule has 6 heteroatoms. The fourth-order valence-corrected chi connectivity index (χ4v) is 5.41. The van der Waals surface area contributed by atoms with Crippen molar-refractivity contribution >= 4 is 23.6 Å². The van der Waals surface area contributed by atoms with E-state index < -0.39 is 30.5 Å². The summed E-state index contributed by atoms with van der Waals surface area (Å²) in [6, 6.07) is 15.1. The van der Waals surface area contributed by atoms with Gasteiger partial charge in [-0.15, -0.1) is 0 Å². The molecule has 2 bridgehead atoms. The molecule has 0 unspecified atom stereocenters. The number of esters is 1. The number of carbonyl (C=O) groups excluding carboxylic acids is 4. The van der Waals surface area contributed by atoms with Crippen LogP contribution in [0.2, 0.25) is 0 Å². The average Bonchev–Trinajstić information content (AvgIpc) is 3.51. The number of amides is 2. The quantitative estimate of drug-likeness (QED) is 0.284. The van der Waals surface area contributed by atoms with E-state index in [1.165, 1.54) is 0 Å². The number of ketones is 1. The number of aryl methyl sites for hydroxylation is 1. The first-order valence-electron chi connectivity index (χ1n) is 11.3. The van der Waals surface area contributed by atoms with Gasteiger partial charge in [0.1, 0.15) is 6.04 Å². The maximum absolute atomic E-state index is 13.3. The molecule has 5 atom stereocenters. The number of ether oxygens (including phenoxy) is 1. The minimum absolute atomic E-state index is 0.0537. The molecular formula is C27H25NO5. The Bertz CT molecular complexity index is 1110. The average molecular weight is 443 g/mol. The molecule has 1 heterocycles. The van der Waals surface area contributed by atoms with E-state index in [0.29, 0.717) is 5.56 Å². The molecular weight excluding hydrogens is 418 g/mol. The normalized spacial score (nSPS) is 25.9. The second-order valence-electron chi connectivity index (χ2n) is 9.15. The Morgan fingerprint density at radius 3 is 2.15 bits per heavy atom. The highest BCUT2D eigenvalue weighted by Crippen LogP contribution is 2.53. The van der Waals surface area contributed by atoms with Crippen LogP contribution in [0.15, 0.2) is 66.7 Å². The Labute approximate surface area is 192 Å². The predicted octanol–water partition coefficient (Wildman–Crippen LogP) is 3.14. The lowest BCUT2D eigenvalue weighted by Gasteiger charge is -2.26. The van der Waals surface area contributed by atoms with Gasteiger partial charge < -0.3 is 4.74 Å². The number of imide groups is 1. The van der Waals surface area contributed by atoms with Gasteiger partial charge in [0, 0.05) is 12.0 Å². The summed E-state index contributed by atoms with van der Waals surface area (Å²) < 4.78 is 5.37. The summed E-state index contributed by atoms with van der Waals surface area (Å²) in [5.41, 5.74) is 2.27. The molecule has 1 aliphatic heterocycles. The molecule has 0 aromatic heterocycles. The maximum Gasteiger partial charge on any atom is 0.330 e. The molecule has 168 valence electrons. The molecule has 0 N–H and O–H groups in total. The van der Waals surface area contributed by atoms with Gasteiger partial charge in [-0.2, -0.15) is 0 Å². The number of nitrogens with zero attached hydrogens (tertiary/aromatic N) is 1. The van der Waals surface area contributed by atoms with Crippen molar-refractivity contribution in [1.29, 1.82) is 0 Å². The number of hydrogen-bond acceptors (Lipinski definition) is 5. The first-order valence-corrected chi connectivity index (χ1v) is 11.3. The second-order valence-corrected chi connectivity index (χ2v) is 9.15. The zero-order valence-corrected chi connectivity index (χ0v) is 18.3. The number of hydrogen-bond donors (Lipinski definition) is 0. The van der Waals surface area contributed by atoms with Crippen LogP contribution in [0.5, 0.6) is 0 Å². The van der Waals surface area contributed by atoms with Crippen LogP contribution in [0, 0.1) is 30.6 Å². The molecule has 1 saturated carbocycles. The van der Waals surface area contributed by atoms with E-state index in [1.54, 1.807) is 12.1 Å². The zero-order chi connectivity index (χ0) is 23.1. The number of carbonyl (C=O) groups is 4. The van der Waals surface area contributed by atoms with Crippen LogP contribution in [0.25, 0.3) is 0 Å². The number of benzene rings is 2. The third-order valence-corrected chi connectivity index (χ3v) is 7.08. The van der Waals surface area contributed by atoms with E-state index in [4.69, 9.17) is 4.74 Å². The molecule has 6 nitrogen and oxygen atoms in total. The first-order chi connectivity index (χ1) is 15.9. The fraction of sp³-hybridized carbons (Fsp3) is 0.333. The van der Waals surface area contributed by atoms with Gasteiger partial charge in [-0.05, 0) is 30.7 Å². The molecule has 5 rings (SSSR count). The van der Waals surface area contributed by atoms with Crippen LogP contribution in [-0.2, 0) is 25.5 Å². The van der Waals surface area contributed by atoms with Gasteiger partial charge in [0.2, 0.25) is 11.8 Å². The summed E-state index contributed by atoms with van der Waals surface area (Å²) in [5, 5.41) is 0. The number of rotatable bonds is 7. The summed E-state index contributed by atoms with van der Waals surface area (Å²) >= 11 is 0. The van der Waals surface area contributed by atoms with Crippen molar-refractivity contribution < 1.29 is 23.9 Å².